The molecule has 4 nitrogen and oxygen atoms in total. The first kappa shape index (κ1) is 14.3. The lowest BCUT2D eigenvalue weighted by Gasteiger charge is -2.26. The topological polar surface area (TPSA) is 57.8 Å². The number of aromatic amines is 1. The van der Waals surface area contributed by atoms with E-state index in [1.807, 2.05) is 20.8 Å². The fourth-order valence-electron chi connectivity index (χ4n) is 3.15. The van der Waals surface area contributed by atoms with Gasteiger partial charge in [0.1, 0.15) is 5.82 Å². The van der Waals surface area contributed by atoms with E-state index in [4.69, 9.17) is 0 Å². The van der Waals surface area contributed by atoms with Crippen molar-refractivity contribution in [2.45, 2.75) is 59.4 Å². The lowest BCUT2D eigenvalue weighted by atomic mass is 9.88. The molecule has 1 aromatic heterocycles. The van der Waals surface area contributed by atoms with Crippen LogP contribution in [0.5, 0.6) is 0 Å². The molecule has 1 unspecified atom stereocenters. The van der Waals surface area contributed by atoms with Gasteiger partial charge < -0.3 is 10.3 Å². The number of aryl methyl sites for hydroxylation is 2. The molecule has 4 heteroatoms. The second-order valence-electron chi connectivity index (χ2n) is 6.27. The summed E-state index contributed by atoms with van der Waals surface area (Å²) in [6.07, 6.45) is 5.24. The third-order valence-electron chi connectivity index (χ3n) is 4.34. The Morgan fingerprint density at radius 1 is 1.37 bits per heavy atom. The first-order chi connectivity index (χ1) is 8.91. The van der Waals surface area contributed by atoms with E-state index < -0.39 is 0 Å². The zero-order chi connectivity index (χ0) is 14.0. The predicted octanol–water partition coefficient (Wildman–Crippen LogP) is 2.62. The van der Waals surface area contributed by atoms with Crippen molar-refractivity contribution in [3.63, 3.8) is 0 Å². The van der Waals surface area contributed by atoms with E-state index in [1.165, 1.54) is 25.7 Å². The lowest BCUT2D eigenvalue weighted by molar-refractivity contribution is 0.301. The molecular weight excluding hydrogens is 238 g/mol. The van der Waals surface area contributed by atoms with Crippen LogP contribution in [0.1, 0.15) is 62.7 Å². The highest BCUT2D eigenvalue weighted by Gasteiger charge is 2.29. The van der Waals surface area contributed by atoms with Gasteiger partial charge in [0.15, 0.2) is 0 Å². The van der Waals surface area contributed by atoms with E-state index in [1.54, 1.807) is 0 Å². The number of nitrogens with zero attached hydrogens (tertiary/aromatic N) is 1. The third kappa shape index (κ3) is 3.24. The molecule has 0 radical (unpaired) electrons. The van der Waals surface area contributed by atoms with Crippen molar-refractivity contribution in [3.8, 4) is 0 Å². The minimum Gasteiger partial charge on any atom is -0.310 e. The fraction of sp³-hybridized carbons (Fsp3) is 0.733. The van der Waals surface area contributed by atoms with Crippen LogP contribution in [0.3, 0.4) is 0 Å². The van der Waals surface area contributed by atoms with Crippen molar-refractivity contribution in [3.05, 3.63) is 27.4 Å². The van der Waals surface area contributed by atoms with Gasteiger partial charge in [-0.15, -0.1) is 0 Å². The number of hydrogen-bond acceptors (Lipinski definition) is 3. The first-order valence-corrected chi connectivity index (χ1v) is 7.22. The van der Waals surface area contributed by atoms with Crippen molar-refractivity contribution >= 4 is 0 Å². The van der Waals surface area contributed by atoms with Crippen LogP contribution in [-0.2, 0) is 0 Å². The van der Waals surface area contributed by atoms with Crippen LogP contribution in [0.15, 0.2) is 4.79 Å². The van der Waals surface area contributed by atoms with E-state index in [-0.39, 0.29) is 11.6 Å². The van der Waals surface area contributed by atoms with Crippen LogP contribution in [0, 0.1) is 19.3 Å². The summed E-state index contributed by atoms with van der Waals surface area (Å²) >= 11 is 0. The second-order valence-corrected chi connectivity index (χ2v) is 6.27. The minimum atomic E-state index is -0.0124. The van der Waals surface area contributed by atoms with Crippen molar-refractivity contribution in [1.82, 2.24) is 15.3 Å². The van der Waals surface area contributed by atoms with Gasteiger partial charge in [0.2, 0.25) is 0 Å². The molecule has 0 amide bonds. The normalized spacial score (nSPS) is 19.6. The van der Waals surface area contributed by atoms with E-state index in [0.29, 0.717) is 11.2 Å². The van der Waals surface area contributed by atoms with Crippen molar-refractivity contribution in [2.24, 2.45) is 5.41 Å². The molecular formula is C15H25N3O. The molecule has 106 valence electrons. The number of nitrogens with one attached hydrogen (secondary N) is 2. The Morgan fingerprint density at radius 2 is 2.00 bits per heavy atom. The quantitative estimate of drug-likeness (QED) is 0.878. The number of H-pyrrole nitrogens is 1. The van der Waals surface area contributed by atoms with Crippen LogP contribution in [0.4, 0.5) is 0 Å². The molecule has 1 fully saturated rings. The number of aromatic nitrogens is 2. The zero-order valence-corrected chi connectivity index (χ0v) is 12.5. The van der Waals surface area contributed by atoms with Gasteiger partial charge in [-0.25, -0.2) is 4.98 Å². The van der Waals surface area contributed by atoms with Crippen molar-refractivity contribution in [1.29, 1.82) is 0 Å². The average Bonchev–Trinajstić information content (AvgIpc) is 2.73. The van der Waals surface area contributed by atoms with Crippen LogP contribution in [-0.4, -0.2) is 16.5 Å². The molecule has 0 bridgehead atoms. The maximum Gasteiger partial charge on any atom is 0.255 e. The zero-order valence-electron chi connectivity index (χ0n) is 12.5. The van der Waals surface area contributed by atoms with Gasteiger partial charge in [-0.3, -0.25) is 4.79 Å². The van der Waals surface area contributed by atoms with E-state index in [2.05, 4.69) is 22.2 Å². The third-order valence-corrected chi connectivity index (χ3v) is 4.34. The van der Waals surface area contributed by atoms with Gasteiger partial charge in [0, 0.05) is 18.3 Å². The summed E-state index contributed by atoms with van der Waals surface area (Å²) in [4.78, 5) is 19.2. The largest absolute Gasteiger partial charge is 0.310 e. The maximum atomic E-state index is 12.0. The number of rotatable bonds is 4. The molecule has 0 aromatic carbocycles. The molecule has 19 heavy (non-hydrogen) atoms. The Morgan fingerprint density at radius 3 is 2.58 bits per heavy atom. The molecule has 0 spiro atoms. The highest BCUT2D eigenvalue weighted by molar-refractivity contribution is 5.20. The van der Waals surface area contributed by atoms with E-state index in [9.17, 15) is 4.79 Å². The molecule has 1 atom stereocenters. The van der Waals surface area contributed by atoms with Gasteiger partial charge >= 0.3 is 0 Å². The summed E-state index contributed by atoms with van der Waals surface area (Å²) in [6.45, 7) is 9.08. The molecule has 2 rings (SSSR count). The maximum absolute atomic E-state index is 12.0. The Hall–Kier alpha value is -1.16. The smallest absolute Gasteiger partial charge is 0.255 e. The summed E-state index contributed by atoms with van der Waals surface area (Å²) in [5.41, 5.74) is 1.99. The SMILES string of the molecule is Cc1nc(C)c(C(C)NCC2(C)CCCC2)c(=O)[nH]1. The number of hydrogen-bond donors (Lipinski definition) is 2. The summed E-state index contributed by atoms with van der Waals surface area (Å²) < 4.78 is 0. The Kier molecular flexibility index (Phi) is 4.09. The second kappa shape index (κ2) is 5.45. The predicted molar refractivity (Wildman–Crippen MR) is 77.3 cm³/mol. The minimum absolute atomic E-state index is 0.0124. The molecule has 0 aliphatic heterocycles. The summed E-state index contributed by atoms with van der Waals surface area (Å²) in [6, 6.07) is 0.0503. The van der Waals surface area contributed by atoms with Gasteiger partial charge in [0.05, 0.1) is 5.56 Å². The van der Waals surface area contributed by atoms with Gasteiger partial charge in [0.25, 0.3) is 5.56 Å². The summed E-state index contributed by atoms with van der Waals surface area (Å²) in [5.74, 6) is 0.682. The van der Waals surface area contributed by atoms with Crippen LogP contribution in [0.2, 0.25) is 0 Å². The van der Waals surface area contributed by atoms with Crippen LogP contribution in [0.25, 0.3) is 0 Å². The van der Waals surface area contributed by atoms with E-state index in [0.717, 1.165) is 17.8 Å². The average molecular weight is 263 g/mol. The molecule has 1 heterocycles. The molecule has 1 aliphatic rings. The molecule has 1 aliphatic carbocycles. The monoisotopic (exact) mass is 263 g/mol. The molecule has 1 aromatic rings. The van der Waals surface area contributed by atoms with Crippen LogP contribution >= 0.6 is 0 Å². The molecule has 0 saturated heterocycles. The standard InChI is InChI=1S/C15H25N3O/c1-10(16-9-15(4)7-5-6-8-15)13-11(2)17-12(3)18-14(13)19/h10,16H,5-9H2,1-4H3,(H,17,18,19). The first-order valence-electron chi connectivity index (χ1n) is 7.22. The highest BCUT2D eigenvalue weighted by Crippen LogP contribution is 2.37. The van der Waals surface area contributed by atoms with Crippen molar-refractivity contribution < 1.29 is 0 Å². The molecule has 1 saturated carbocycles. The Labute approximate surface area is 115 Å². The van der Waals surface area contributed by atoms with Crippen molar-refractivity contribution in [2.75, 3.05) is 6.54 Å². The summed E-state index contributed by atoms with van der Waals surface area (Å²) in [5, 5.41) is 3.52. The van der Waals surface area contributed by atoms with Crippen LogP contribution < -0.4 is 10.9 Å². The fourth-order valence-corrected chi connectivity index (χ4v) is 3.15. The molecule has 2 N–H and O–H groups in total. The van der Waals surface area contributed by atoms with Gasteiger partial charge in [-0.2, -0.15) is 0 Å². The lowest BCUT2D eigenvalue weighted by Crippen LogP contribution is -2.34. The van der Waals surface area contributed by atoms with Gasteiger partial charge in [-0.05, 0) is 39.0 Å². The van der Waals surface area contributed by atoms with Gasteiger partial charge in [-0.1, -0.05) is 19.8 Å². The highest BCUT2D eigenvalue weighted by atomic mass is 16.1. The van der Waals surface area contributed by atoms with E-state index >= 15 is 0 Å². The Bertz CT molecular complexity index is 501. The summed E-state index contributed by atoms with van der Waals surface area (Å²) in [7, 11) is 0. The Balaban J connectivity index is 2.08.